The number of carbonyl (C=O) groups excluding carboxylic acids is 3. The fraction of sp³-hybridized carbons (Fsp3) is 0.556. The van der Waals surface area contributed by atoms with E-state index in [1.54, 1.807) is 37.1 Å². The fourth-order valence-electron chi connectivity index (χ4n) is 2.83. The molecular formula is C18H24N2O5. The van der Waals surface area contributed by atoms with Crippen LogP contribution in [0.2, 0.25) is 0 Å². The van der Waals surface area contributed by atoms with Crippen molar-refractivity contribution in [3.63, 3.8) is 0 Å². The second-order valence-electron chi connectivity index (χ2n) is 5.89. The molecule has 0 N–H and O–H groups in total. The minimum absolute atomic E-state index is 0.0201. The van der Waals surface area contributed by atoms with Gasteiger partial charge in [0.1, 0.15) is 0 Å². The zero-order valence-corrected chi connectivity index (χ0v) is 14.6. The molecule has 0 aromatic carbocycles. The molecule has 1 saturated heterocycles. The van der Waals surface area contributed by atoms with Crippen molar-refractivity contribution in [3.8, 4) is 0 Å². The zero-order valence-electron chi connectivity index (χ0n) is 14.6. The van der Waals surface area contributed by atoms with Crippen molar-refractivity contribution in [2.45, 2.75) is 39.2 Å². The van der Waals surface area contributed by atoms with Crippen LogP contribution in [0, 0.1) is 5.92 Å². The van der Waals surface area contributed by atoms with E-state index in [1.807, 2.05) is 0 Å². The highest BCUT2D eigenvalue weighted by molar-refractivity contribution is 5.82. The third-order valence-corrected chi connectivity index (χ3v) is 4.13. The number of hydrogen-bond acceptors (Lipinski definition) is 6. The molecule has 7 heteroatoms. The highest BCUT2D eigenvalue weighted by Crippen LogP contribution is 2.24. The lowest BCUT2D eigenvalue weighted by Gasteiger charge is -2.32. The maximum atomic E-state index is 12.6. The molecule has 0 bridgehead atoms. The Morgan fingerprint density at radius 3 is 2.80 bits per heavy atom. The number of likely N-dealkylation sites (tertiary alicyclic amines) is 1. The molecule has 1 aliphatic heterocycles. The third kappa shape index (κ3) is 5.01. The SMILES string of the molecule is CCOC(=O)C(OC(=O)C1CCCN(C(=O)CC)C1)c1cccnc1. The van der Waals surface area contributed by atoms with Gasteiger partial charge in [-0.05, 0) is 25.8 Å². The number of ether oxygens (including phenoxy) is 2. The number of carbonyl (C=O) groups is 3. The van der Waals surface area contributed by atoms with E-state index in [1.165, 1.54) is 6.20 Å². The minimum Gasteiger partial charge on any atom is -0.463 e. The van der Waals surface area contributed by atoms with Crippen LogP contribution in [0.1, 0.15) is 44.8 Å². The van der Waals surface area contributed by atoms with Crippen LogP contribution < -0.4 is 0 Å². The monoisotopic (exact) mass is 348 g/mol. The first-order valence-electron chi connectivity index (χ1n) is 8.61. The molecule has 2 unspecified atom stereocenters. The number of aromatic nitrogens is 1. The summed E-state index contributed by atoms with van der Waals surface area (Å²) in [6.07, 6.45) is 3.68. The van der Waals surface area contributed by atoms with Gasteiger partial charge in [0.15, 0.2) is 0 Å². The quantitative estimate of drug-likeness (QED) is 0.730. The topological polar surface area (TPSA) is 85.8 Å². The van der Waals surface area contributed by atoms with Crippen molar-refractivity contribution >= 4 is 17.8 Å². The van der Waals surface area contributed by atoms with E-state index in [4.69, 9.17) is 9.47 Å². The molecule has 25 heavy (non-hydrogen) atoms. The molecule has 2 rings (SSSR count). The summed E-state index contributed by atoms with van der Waals surface area (Å²) in [5.74, 6) is -1.53. The molecule has 0 aliphatic carbocycles. The van der Waals surface area contributed by atoms with Crippen molar-refractivity contribution in [3.05, 3.63) is 30.1 Å². The van der Waals surface area contributed by atoms with Crippen molar-refractivity contribution in [1.29, 1.82) is 0 Å². The first-order chi connectivity index (χ1) is 12.1. The van der Waals surface area contributed by atoms with Gasteiger partial charge in [-0.25, -0.2) is 4.79 Å². The number of nitrogens with zero attached hydrogens (tertiary/aromatic N) is 2. The summed E-state index contributed by atoms with van der Waals surface area (Å²) in [7, 11) is 0. The van der Waals surface area contributed by atoms with Crippen LogP contribution in [-0.4, -0.2) is 47.4 Å². The molecule has 0 saturated carbocycles. The predicted molar refractivity (Wildman–Crippen MR) is 89.3 cm³/mol. The predicted octanol–water partition coefficient (Wildman–Crippen LogP) is 1.88. The Balaban J connectivity index is 2.08. The van der Waals surface area contributed by atoms with Crippen molar-refractivity contribution in [2.24, 2.45) is 5.92 Å². The third-order valence-electron chi connectivity index (χ3n) is 4.13. The highest BCUT2D eigenvalue weighted by Gasteiger charge is 2.33. The Labute approximate surface area is 147 Å². The van der Waals surface area contributed by atoms with Gasteiger partial charge in [0.25, 0.3) is 0 Å². The lowest BCUT2D eigenvalue weighted by atomic mass is 9.97. The Morgan fingerprint density at radius 1 is 1.36 bits per heavy atom. The molecule has 1 fully saturated rings. The molecule has 136 valence electrons. The van der Waals surface area contributed by atoms with Gasteiger partial charge in [-0.2, -0.15) is 0 Å². The van der Waals surface area contributed by atoms with Gasteiger partial charge in [-0.3, -0.25) is 14.6 Å². The highest BCUT2D eigenvalue weighted by atomic mass is 16.6. The Morgan fingerprint density at radius 2 is 2.16 bits per heavy atom. The summed E-state index contributed by atoms with van der Waals surface area (Å²) >= 11 is 0. The van der Waals surface area contributed by atoms with Crippen LogP contribution >= 0.6 is 0 Å². The van der Waals surface area contributed by atoms with Crippen molar-refractivity contribution in [1.82, 2.24) is 9.88 Å². The number of piperidine rings is 1. The number of esters is 2. The van der Waals surface area contributed by atoms with Gasteiger partial charge < -0.3 is 14.4 Å². The molecule has 2 heterocycles. The smallest absolute Gasteiger partial charge is 0.352 e. The molecule has 1 aromatic heterocycles. The van der Waals surface area contributed by atoms with E-state index in [0.29, 0.717) is 31.5 Å². The Hall–Kier alpha value is -2.44. The summed E-state index contributed by atoms with van der Waals surface area (Å²) in [6, 6.07) is 3.33. The fourth-order valence-corrected chi connectivity index (χ4v) is 2.83. The average Bonchev–Trinajstić information content (AvgIpc) is 2.66. The van der Waals surface area contributed by atoms with E-state index >= 15 is 0 Å². The summed E-state index contributed by atoms with van der Waals surface area (Å²) in [4.78, 5) is 42.3. The lowest BCUT2D eigenvalue weighted by molar-refractivity contribution is -0.172. The van der Waals surface area contributed by atoms with Gasteiger partial charge in [0.05, 0.1) is 12.5 Å². The zero-order chi connectivity index (χ0) is 18.2. The second kappa shape index (κ2) is 9.15. The maximum Gasteiger partial charge on any atom is 0.352 e. The normalized spacial score (nSPS) is 18.3. The van der Waals surface area contributed by atoms with Crippen LogP contribution in [0.15, 0.2) is 24.5 Å². The first-order valence-corrected chi connectivity index (χ1v) is 8.61. The molecule has 1 amide bonds. The van der Waals surface area contributed by atoms with Crippen molar-refractivity contribution in [2.75, 3.05) is 19.7 Å². The summed E-state index contributed by atoms with van der Waals surface area (Å²) in [5, 5.41) is 0. The van der Waals surface area contributed by atoms with E-state index in [2.05, 4.69) is 4.98 Å². The first kappa shape index (κ1) is 18.9. The van der Waals surface area contributed by atoms with E-state index < -0.39 is 24.0 Å². The van der Waals surface area contributed by atoms with E-state index in [0.717, 1.165) is 6.42 Å². The maximum absolute atomic E-state index is 12.6. The number of amides is 1. The molecule has 0 radical (unpaired) electrons. The van der Waals surface area contributed by atoms with Gasteiger partial charge >= 0.3 is 11.9 Å². The van der Waals surface area contributed by atoms with Gasteiger partial charge in [-0.15, -0.1) is 0 Å². The average molecular weight is 348 g/mol. The minimum atomic E-state index is -1.14. The molecular weight excluding hydrogens is 324 g/mol. The standard InChI is InChI=1S/C18H24N2O5/c1-3-15(21)20-10-6-8-14(12-20)17(22)25-16(18(23)24-4-2)13-7-5-9-19-11-13/h5,7,9,11,14,16H,3-4,6,8,10,12H2,1-2H3. The van der Waals surface area contributed by atoms with E-state index in [-0.39, 0.29) is 12.5 Å². The second-order valence-corrected chi connectivity index (χ2v) is 5.89. The van der Waals surface area contributed by atoms with E-state index in [9.17, 15) is 14.4 Å². The summed E-state index contributed by atoms with van der Waals surface area (Å²) in [6.45, 7) is 4.66. The molecule has 1 aromatic rings. The van der Waals surface area contributed by atoms with Gasteiger partial charge in [-0.1, -0.05) is 13.0 Å². The number of pyridine rings is 1. The van der Waals surface area contributed by atoms with Crippen LogP contribution in [0.25, 0.3) is 0 Å². The summed E-state index contributed by atoms with van der Waals surface area (Å²) < 4.78 is 10.5. The molecule has 2 atom stereocenters. The van der Waals surface area contributed by atoms with Crippen LogP contribution in [0.4, 0.5) is 0 Å². The Bertz CT molecular complexity index is 605. The summed E-state index contributed by atoms with van der Waals surface area (Å²) in [5.41, 5.74) is 0.464. The number of rotatable bonds is 6. The number of hydrogen-bond donors (Lipinski definition) is 0. The van der Waals surface area contributed by atoms with Crippen LogP contribution in [0.5, 0.6) is 0 Å². The molecule has 1 aliphatic rings. The molecule has 0 spiro atoms. The Kier molecular flexibility index (Phi) is 6.91. The molecule has 7 nitrogen and oxygen atoms in total. The van der Waals surface area contributed by atoms with Crippen LogP contribution in [-0.2, 0) is 23.9 Å². The van der Waals surface area contributed by atoms with Crippen molar-refractivity contribution < 1.29 is 23.9 Å². The lowest BCUT2D eigenvalue weighted by Crippen LogP contribution is -2.43. The van der Waals surface area contributed by atoms with Gasteiger partial charge in [0, 0.05) is 37.5 Å². The largest absolute Gasteiger partial charge is 0.463 e. The van der Waals surface area contributed by atoms with Crippen LogP contribution in [0.3, 0.4) is 0 Å². The van der Waals surface area contributed by atoms with Gasteiger partial charge in [0.2, 0.25) is 12.0 Å².